The lowest BCUT2D eigenvalue weighted by Gasteiger charge is -2.26. The van der Waals surface area contributed by atoms with Crippen LogP contribution in [-0.2, 0) is 10.1 Å². The normalized spacial score (nSPS) is 15.2. The molecule has 1 aliphatic rings. The number of ether oxygens (including phenoxy) is 1. The van der Waals surface area contributed by atoms with Gasteiger partial charge in [-0.05, 0) is 17.7 Å². The first-order valence-corrected chi connectivity index (χ1v) is 9.29. The van der Waals surface area contributed by atoms with E-state index < -0.39 is 21.1 Å². The minimum atomic E-state index is -4.61. The summed E-state index contributed by atoms with van der Waals surface area (Å²) in [6.07, 6.45) is 1.70. The summed E-state index contributed by atoms with van der Waals surface area (Å²) in [7, 11) is -3.36. The second-order valence-electron chi connectivity index (χ2n) is 5.79. The number of hydrogen-bond acceptors (Lipinski definition) is 11. The molecule has 2 heterocycles. The maximum atomic E-state index is 11.7. The van der Waals surface area contributed by atoms with Crippen molar-refractivity contribution in [2.45, 2.75) is 10.9 Å². The standard InChI is InChI=1S/C16H14N8O4S/c1-28-9-3-2-7(4-10(9)29(25,26)27)13-11-12(19)8(5-17)14(20)23-15(11)24-16(22-13)21-6-18/h2-4,13H,1H3,(H,25,26,27)(H6,19,20,21,22,23,24). The molecule has 0 radical (unpaired) electrons. The van der Waals surface area contributed by atoms with Gasteiger partial charge in [0.05, 0.1) is 12.8 Å². The Hall–Kier alpha value is -4.07. The Morgan fingerprint density at radius 1 is 1.34 bits per heavy atom. The first-order valence-electron chi connectivity index (χ1n) is 7.85. The number of rotatable bonds is 3. The van der Waals surface area contributed by atoms with Crippen molar-refractivity contribution in [1.29, 1.82) is 10.5 Å². The molecule has 1 unspecified atom stereocenters. The third-order valence-electron chi connectivity index (χ3n) is 4.14. The van der Waals surface area contributed by atoms with Gasteiger partial charge in [-0.15, -0.1) is 0 Å². The van der Waals surface area contributed by atoms with Crippen molar-refractivity contribution in [3.8, 4) is 18.0 Å². The minimum Gasteiger partial charge on any atom is -0.495 e. The highest BCUT2D eigenvalue weighted by molar-refractivity contribution is 7.86. The number of nitrogens with two attached hydrogens (primary N) is 2. The molecule has 2 aromatic rings. The number of pyridine rings is 1. The topological polar surface area (TPSA) is 213 Å². The summed E-state index contributed by atoms with van der Waals surface area (Å²) in [4.78, 5) is 7.93. The second-order valence-corrected chi connectivity index (χ2v) is 7.18. The van der Waals surface area contributed by atoms with Crippen LogP contribution in [0.1, 0.15) is 22.7 Å². The molecule has 0 bridgehead atoms. The molecule has 0 aliphatic carbocycles. The Balaban J connectivity index is 2.30. The van der Waals surface area contributed by atoms with Crippen LogP contribution in [0.25, 0.3) is 0 Å². The Labute approximate surface area is 165 Å². The molecule has 0 amide bonds. The summed E-state index contributed by atoms with van der Waals surface area (Å²) in [6, 6.07) is 4.89. The lowest BCUT2D eigenvalue weighted by atomic mass is 9.95. The number of nitrogens with one attached hydrogen (secondary N) is 2. The number of guanidine groups is 1. The summed E-state index contributed by atoms with van der Waals surface area (Å²) in [5, 5.41) is 23.3. The van der Waals surface area contributed by atoms with E-state index >= 15 is 0 Å². The molecule has 1 aliphatic heterocycles. The zero-order valence-corrected chi connectivity index (χ0v) is 15.6. The van der Waals surface area contributed by atoms with E-state index in [1.807, 2.05) is 6.07 Å². The van der Waals surface area contributed by atoms with E-state index in [0.717, 1.165) is 6.07 Å². The van der Waals surface area contributed by atoms with Gasteiger partial charge in [0.2, 0.25) is 5.96 Å². The van der Waals surface area contributed by atoms with Crippen LogP contribution >= 0.6 is 0 Å². The van der Waals surface area contributed by atoms with Gasteiger partial charge >= 0.3 is 0 Å². The minimum absolute atomic E-state index is 0.00326. The van der Waals surface area contributed by atoms with Crippen LogP contribution < -0.4 is 26.8 Å². The van der Waals surface area contributed by atoms with Gasteiger partial charge in [-0.25, -0.2) is 9.98 Å². The zero-order valence-electron chi connectivity index (χ0n) is 14.8. The van der Waals surface area contributed by atoms with E-state index in [-0.39, 0.29) is 45.7 Å². The van der Waals surface area contributed by atoms with E-state index in [9.17, 15) is 18.2 Å². The van der Waals surface area contributed by atoms with Crippen LogP contribution in [0.15, 0.2) is 28.1 Å². The quantitative estimate of drug-likeness (QED) is 0.262. The first-order chi connectivity index (χ1) is 13.7. The van der Waals surface area contributed by atoms with Crippen LogP contribution in [0.2, 0.25) is 0 Å². The maximum absolute atomic E-state index is 11.7. The third kappa shape index (κ3) is 3.43. The van der Waals surface area contributed by atoms with Gasteiger partial charge in [0, 0.05) is 5.56 Å². The van der Waals surface area contributed by atoms with Crippen LogP contribution in [0.4, 0.5) is 17.3 Å². The average Bonchev–Trinajstić information content (AvgIpc) is 2.66. The fraction of sp³-hybridized carbons (Fsp3) is 0.125. The Kier molecular flexibility index (Phi) is 4.86. The van der Waals surface area contributed by atoms with E-state index in [4.69, 9.17) is 21.5 Å². The van der Waals surface area contributed by atoms with Crippen LogP contribution in [0, 0.1) is 22.8 Å². The number of methoxy groups -OCH3 is 1. The Morgan fingerprint density at radius 2 is 2.07 bits per heavy atom. The Morgan fingerprint density at radius 3 is 2.66 bits per heavy atom. The van der Waals surface area contributed by atoms with Gasteiger partial charge in [0.15, 0.2) is 6.19 Å². The van der Waals surface area contributed by atoms with Gasteiger partial charge in [0.1, 0.15) is 40.0 Å². The van der Waals surface area contributed by atoms with E-state index in [1.54, 1.807) is 6.19 Å². The summed E-state index contributed by atoms with van der Waals surface area (Å²) in [6.45, 7) is 0. The summed E-state index contributed by atoms with van der Waals surface area (Å²) in [5.41, 5.74) is 12.4. The molecule has 12 nitrogen and oxygen atoms in total. The number of nitriles is 2. The zero-order chi connectivity index (χ0) is 21.3. The van der Waals surface area contributed by atoms with Crippen LogP contribution in [0.3, 0.4) is 0 Å². The van der Waals surface area contributed by atoms with Gasteiger partial charge in [0.25, 0.3) is 10.1 Å². The molecular weight excluding hydrogens is 400 g/mol. The number of nitrogens with zero attached hydrogens (tertiary/aromatic N) is 4. The van der Waals surface area contributed by atoms with Crippen molar-refractivity contribution in [2.24, 2.45) is 4.99 Å². The largest absolute Gasteiger partial charge is 0.495 e. The number of hydrogen-bond donors (Lipinski definition) is 5. The molecular formula is C16H14N8O4S. The Bertz CT molecular complexity index is 1230. The molecule has 3 rings (SSSR count). The number of aliphatic imine (C=N–C) groups is 1. The molecule has 13 heteroatoms. The second kappa shape index (κ2) is 7.16. The molecule has 0 spiro atoms. The molecule has 29 heavy (non-hydrogen) atoms. The van der Waals surface area contributed by atoms with E-state index in [0.29, 0.717) is 0 Å². The van der Waals surface area contributed by atoms with Gasteiger partial charge < -0.3 is 21.5 Å². The molecule has 1 aromatic heterocycles. The maximum Gasteiger partial charge on any atom is 0.298 e. The lowest BCUT2D eigenvalue weighted by Crippen LogP contribution is -2.32. The summed E-state index contributed by atoms with van der Waals surface area (Å²) >= 11 is 0. The molecule has 1 aromatic carbocycles. The van der Waals surface area contributed by atoms with Gasteiger partial charge in [-0.1, -0.05) is 6.07 Å². The van der Waals surface area contributed by atoms with Crippen molar-refractivity contribution in [3.63, 3.8) is 0 Å². The average molecular weight is 414 g/mol. The van der Waals surface area contributed by atoms with Crippen molar-refractivity contribution in [2.75, 3.05) is 23.9 Å². The molecule has 1 atom stereocenters. The van der Waals surface area contributed by atoms with Gasteiger partial charge in [-0.2, -0.15) is 18.9 Å². The van der Waals surface area contributed by atoms with Crippen molar-refractivity contribution in [1.82, 2.24) is 10.3 Å². The smallest absolute Gasteiger partial charge is 0.298 e. The van der Waals surface area contributed by atoms with Crippen molar-refractivity contribution < 1.29 is 17.7 Å². The third-order valence-corrected chi connectivity index (χ3v) is 5.01. The molecule has 148 valence electrons. The monoisotopic (exact) mass is 414 g/mol. The SMILES string of the molecule is COc1ccc(C2N=C(NC#N)Nc3nc(N)c(C#N)c(N)c32)cc1S(=O)(=O)O. The number of aromatic nitrogens is 1. The van der Waals surface area contributed by atoms with Crippen LogP contribution in [0.5, 0.6) is 5.75 Å². The van der Waals surface area contributed by atoms with E-state index in [1.165, 1.54) is 19.2 Å². The van der Waals surface area contributed by atoms with Crippen LogP contribution in [-0.4, -0.2) is 31.0 Å². The number of anilines is 3. The number of benzene rings is 1. The molecule has 7 N–H and O–H groups in total. The highest BCUT2D eigenvalue weighted by Crippen LogP contribution is 2.41. The van der Waals surface area contributed by atoms with Gasteiger partial charge in [-0.3, -0.25) is 9.87 Å². The highest BCUT2D eigenvalue weighted by Gasteiger charge is 2.31. The highest BCUT2D eigenvalue weighted by atomic mass is 32.2. The number of fused-ring (bicyclic) bond motifs is 1. The summed E-state index contributed by atoms with van der Waals surface area (Å²) < 4.78 is 38.0. The number of nitrogen functional groups attached to an aromatic ring is 2. The fourth-order valence-electron chi connectivity index (χ4n) is 2.89. The predicted molar refractivity (Wildman–Crippen MR) is 102 cm³/mol. The van der Waals surface area contributed by atoms with E-state index in [2.05, 4.69) is 20.6 Å². The molecule has 0 saturated carbocycles. The van der Waals surface area contributed by atoms with Crippen molar-refractivity contribution >= 4 is 33.4 Å². The van der Waals surface area contributed by atoms with Crippen molar-refractivity contribution in [3.05, 3.63) is 34.9 Å². The molecule has 0 fully saturated rings. The fourth-order valence-corrected chi connectivity index (χ4v) is 3.58. The lowest BCUT2D eigenvalue weighted by molar-refractivity contribution is 0.397. The summed E-state index contributed by atoms with van der Waals surface area (Å²) in [5.74, 6) is -0.0568. The first kappa shape index (κ1) is 19.7. The molecule has 0 saturated heterocycles. The predicted octanol–water partition coefficient (Wildman–Crippen LogP) is 0.315.